The maximum absolute atomic E-state index is 3.71. The van der Waals surface area contributed by atoms with Gasteiger partial charge < -0.3 is 5.32 Å². The van der Waals surface area contributed by atoms with E-state index in [2.05, 4.69) is 98.9 Å². The van der Waals surface area contributed by atoms with Gasteiger partial charge in [0.2, 0.25) is 0 Å². The van der Waals surface area contributed by atoms with Crippen LogP contribution in [0.1, 0.15) is 33.9 Å². The lowest BCUT2D eigenvalue weighted by atomic mass is 9.97. The molecule has 3 aromatic rings. The Hall–Kier alpha value is -2.54. The maximum Gasteiger partial charge on any atom is 0.0554 e. The van der Waals surface area contributed by atoms with E-state index in [0.29, 0.717) is 0 Å². The molecule has 0 bridgehead atoms. The molecule has 1 nitrogen and oxygen atoms in total. The first kappa shape index (κ1) is 16.3. The molecule has 0 fully saturated rings. The highest BCUT2D eigenvalue weighted by Gasteiger charge is 2.12. The Morgan fingerprint density at radius 3 is 1.62 bits per heavy atom. The van der Waals surface area contributed by atoms with Crippen LogP contribution in [0.25, 0.3) is 0 Å². The summed E-state index contributed by atoms with van der Waals surface area (Å²) in [4.78, 5) is 0. The van der Waals surface area contributed by atoms with E-state index >= 15 is 0 Å². The molecule has 3 aromatic carbocycles. The number of hydrogen-bond donors (Lipinski definition) is 1. The molecule has 0 saturated carbocycles. The van der Waals surface area contributed by atoms with Crippen LogP contribution in [0.2, 0.25) is 0 Å². The van der Waals surface area contributed by atoms with Crippen LogP contribution < -0.4 is 5.32 Å². The summed E-state index contributed by atoms with van der Waals surface area (Å²) in [5.74, 6) is 0. The molecular formula is C23H25N. The number of anilines is 1. The molecule has 0 aromatic heterocycles. The van der Waals surface area contributed by atoms with Crippen LogP contribution in [-0.4, -0.2) is 0 Å². The molecule has 1 heteroatoms. The van der Waals surface area contributed by atoms with Crippen LogP contribution >= 0.6 is 0 Å². The second-order valence-electron chi connectivity index (χ2n) is 6.66. The summed E-state index contributed by atoms with van der Waals surface area (Å²) in [7, 11) is 0. The first-order chi connectivity index (χ1) is 11.6. The van der Waals surface area contributed by atoms with Crippen molar-refractivity contribution in [3.8, 4) is 0 Å². The molecule has 0 aliphatic carbocycles. The zero-order valence-corrected chi connectivity index (χ0v) is 14.7. The highest BCUT2D eigenvalue weighted by atomic mass is 14.9. The summed E-state index contributed by atoms with van der Waals surface area (Å²) in [6.07, 6.45) is 0.969. The van der Waals surface area contributed by atoms with Gasteiger partial charge in [0.15, 0.2) is 0 Å². The number of nitrogens with one attached hydrogen (secondary N) is 1. The zero-order chi connectivity index (χ0) is 16.9. The summed E-state index contributed by atoms with van der Waals surface area (Å²) < 4.78 is 0. The topological polar surface area (TPSA) is 12.0 Å². The maximum atomic E-state index is 3.71. The predicted molar refractivity (Wildman–Crippen MR) is 104 cm³/mol. The van der Waals surface area contributed by atoms with Crippen molar-refractivity contribution in [2.45, 2.75) is 33.2 Å². The third-order valence-corrected chi connectivity index (χ3v) is 4.43. The minimum atomic E-state index is 0.260. The lowest BCUT2D eigenvalue weighted by Crippen LogP contribution is -2.13. The standard InChI is InChI=1S/C23H25N/c1-17-4-10-20(11-5-17)16-23(21-12-6-18(2)7-13-21)24-22-14-8-19(3)9-15-22/h4-15,23-24H,16H2,1-3H3. The third-order valence-electron chi connectivity index (χ3n) is 4.43. The molecule has 0 heterocycles. The van der Waals surface area contributed by atoms with E-state index < -0.39 is 0 Å². The second kappa shape index (κ2) is 7.35. The minimum absolute atomic E-state index is 0.260. The number of benzene rings is 3. The van der Waals surface area contributed by atoms with Gasteiger partial charge in [-0.2, -0.15) is 0 Å². The highest BCUT2D eigenvalue weighted by Crippen LogP contribution is 2.24. The molecule has 0 aliphatic heterocycles. The molecule has 122 valence electrons. The van der Waals surface area contributed by atoms with E-state index in [4.69, 9.17) is 0 Å². The minimum Gasteiger partial charge on any atom is -0.378 e. The lowest BCUT2D eigenvalue weighted by molar-refractivity contribution is 0.775. The van der Waals surface area contributed by atoms with Gasteiger partial charge in [-0.15, -0.1) is 0 Å². The fraction of sp³-hybridized carbons (Fsp3) is 0.217. The van der Waals surface area contributed by atoms with Gasteiger partial charge in [0.25, 0.3) is 0 Å². The summed E-state index contributed by atoms with van der Waals surface area (Å²) in [5.41, 5.74) is 7.72. The largest absolute Gasteiger partial charge is 0.378 e. The first-order valence-corrected chi connectivity index (χ1v) is 8.55. The molecule has 0 aliphatic rings. The summed E-state index contributed by atoms with van der Waals surface area (Å²) in [6.45, 7) is 6.38. The van der Waals surface area contributed by atoms with Crippen molar-refractivity contribution in [3.63, 3.8) is 0 Å². The normalized spacial score (nSPS) is 12.0. The van der Waals surface area contributed by atoms with Gasteiger partial charge in [0.05, 0.1) is 6.04 Å². The molecule has 1 atom stereocenters. The van der Waals surface area contributed by atoms with Crippen LogP contribution in [0.15, 0.2) is 72.8 Å². The molecule has 0 radical (unpaired) electrons. The molecule has 3 rings (SSSR count). The van der Waals surface area contributed by atoms with E-state index in [-0.39, 0.29) is 6.04 Å². The van der Waals surface area contributed by atoms with Crippen LogP contribution in [0, 0.1) is 20.8 Å². The Morgan fingerprint density at radius 1 is 0.625 bits per heavy atom. The molecule has 0 spiro atoms. The molecule has 0 amide bonds. The van der Waals surface area contributed by atoms with E-state index in [1.54, 1.807) is 0 Å². The Labute approximate surface area is 145 Å². The fourth-order valence-corrected chi connectivity index (χ4v) is 2.86. The average molecular weight is 315 g/mol. The highest BCUT2D eigenvalue weighted by molar-refractivity contribution is 5.47. The van der Waals surface area contributed by atoms with Gasteiger partial charge in [-0.25, -0.2) is 0 Å². The molecule has 24 heavy (non-hydrogen) atoms. The molecule has 1 N–H and O–H groups in total. The van der Waals surface area contributed by atoms with Gasteiger partial charge in [0, 0.05) is 5.69 Å². The van der Waals surface area contributed by atoms with Crippen molar-refractivity contribution in [3.05, 3.63) is 101 Å². The molecular weight excluding hydrogens is 290 g/mol. The third kappa shape index (κ3) is 4.26. The van der Waals surface area contributed by atoms with Crippen molar-refractivity contribution < 1.29 is 0 Å². The fourth-order valence-electron chi connectivity index (χ4n) is 2.86. The van der Waals surface area contributed by atoms with Crippen molar-refractivity contribution in [2.24, 2.45) is 0 Å². The Bertz CT molecular complexity index is 720. The van der Waals surface area contributed by atoms with Crippen LogP contribution in [0.3, 0.4) is 0 Å². The zero-order valence-electron chi connectivity index (χ0n) is 14.7. The van der Waals surface area contributed by atoms with Gasteiger partial charge >= 0.3 is 0 Å². The van der Waals surface area contributed by atoms with Gasteiger partial charge in [0.1, 0.15) is 0 Å². The van der Waals surface area contributed by atoms with Crippen molar-refractivity contribution in [1.29, 1.82) is 0 Å². The summed E-state index contributed by atoms with van der Waals surface area (Å²) in [5, 5.41) is 3.71. The van der Waals surface area contributed by atoms with Gasteiger partial charge in [-0.3, -0.25) is 0 Å². The van der Waals surface area contributed by atoms with Crippen LogP contribution in [-0.2, 0) is 6.42 Å². The Morgan fingerprint density at radius 2 is 1.08 bits per heavy atom. The molecule has 0 saturated heterocycles. The van der Waals surface area contributed by atoms with E-state index in [1.165, 1.54) is 33.5 Å². The number of hydrogen-bond acceptors (Lipinski definition) is 1. The Balaban J connectivity index is 1.86. The quantitative estimate of drug-likeness (QED) is 0.608. The van der Waals surface area contributed by atoms with Crippen LogP contribution in [0.5, 0.6) is 0 Å². The lowest BCUT2D eigenvalue weighted by Gasteiger charge is -2.21. The number of rotatable bonds is 5. The van der Waals surface area contributed by atoms with Crippen molar-refractivity contribution in [2.75, 3.05) is 5.32 Å². The van der Waals surface area contributed by atoms with E-state index in [0.717, 1.165) is 6.42 Å². The van der Waals surface area contributed by atoms with Crippen LogP contribution in [0.4, 0.5) is 5.69 Å². The molecule has 1 unspecified atom stereocenters. The van der Waals surface area contributed by atoms with Gasteiger partial charge in [-0.05, 0) is 50.5 Å². The van der Waals surface area contributed by atoms with E-state index in [1.807, 2.05) is 0 Å². The van der Waals surface area contributed by atoms with E-state index in [9.17, 15) is 0 Å². The predicted octanol–water partition coefficient (Wildman–Crippen LogP) is 6.01. The summed E-state index contributed by atoms with van der Waals surface area (Å²) in [6, 6.07) is 26.6. The summed E-state index contributed by atoms with van der Waals surface area (Å²) >= 11 is 0. The average Bonchev–Trinajstić information content (AvgIpc) is 2.59. The SMILES string of the molecule is Cc1ccc(CC(Nc2ccc(C)cc2)c2ccc(C)cc2)cc1. The smallest absolute Gasteiger partial charge is 0.0554 e. The Kier molecular flexibility index (Phi) is 5.00. The van der Waals surface area contributed by atoms with Gasteiger partial charge in [-0.1, -0.05) is 77.4 Å². The number of aryl methyl sites for hydroxylation is 3. The van der Waals surface area contributed by atoms with Crippen molar-refractivity contribution in [1.82, 2.24) is 0 Å². The first-order valence-electron chi connectivity index (χ1n) is 8.55. The second-order valence-corrected chi connectivity index (χ2v) is 6.66. The monoisotopic (exact) mass is 315 g/mol. The van der Waals surface area contributed by atoms with Crippen molar-refractivity contribution >= 4 is 5.69 Å².